The molecule has 0 spiro atoms. The van der Waals surface area contributed by atoms with Gasteiger partial charge in [-0.1, -0.05) is 18.2 Å². The highest BCUT2D eigenvalue weighted by molar-refractivity contribution is 7.22. The van der Waals surface area contributed by atoms with E-state index in [1.54, 1.807) is 17.5 Å². The van der Waals surface area contributed by atoms with Gasteiger partial charge in [-0.05, 0) is 31.5 Å². The van der Waals surface area contributed by atoms with Crippen molar-refractivity contribution in [1.82, 2.24) is 10.3 Å². The third kappa shape index (κ3) is 1.94. The lowest BCUT2D eigenvalue weighted by atomic mass is 10.2. The number of aromatic nitrogens is 1. The van der Waals surface area contributed by atoms with Crippen LogP contribution in [0.25, 0.3) is 20.7 Å². The van der Waals surface area contributed by atoms with Gasteiger partial charge in [-0.25, -0.2) is 4.98 Å². The molecule has 0 fully saturated rings. The predicted octanol–water partition coefficient (Wildman–Crippen LogP) is 3.84. The van der Waals surface area contributed by atoms with Crippen LogP contribution in [0.2, 0.25) is 0 Å². The van der Waals surface area contributed by atoms with Gasteiger partial charge in [0.15, 0.2) is 5.76 Å². The fourth-order valence-electron chi connectivity index (χ4n) is 1.83. The summed E-state index contributed by atoms with van der Waals surface area (Å²) >= 11 is 1.73. The molecule has 0 bridgehead atoms. The number of benzene rings is 1. The van der Waals surface area contributed by atoms with Gasteiger partial charge in [0.2, 0.25) is 5.89 Å². The van der Waals surface area contributed by atoms with Crippen LogP contribution in [0, 0.1) is 0 Å². The van der Waals surface area contributed by atoms with Crippen LogP contribution in [0.5, 0.6) is 0 Å². The molecule has 92 valence electrons. The zero-order chi connectivity index (χ0) is 12.5. The highest BCUT2D eigenvalue weighted by Gasteiger charge is 2.13. The topological polar surface area (TPSA) is 38.1 Å². The van der Waals surface area contributed by atoms with Crippen molar-refractivity contribution >= 4 is 21.4 Å². The zero-order valence-electron chi connectivity index (χ0n) is 10.3. The average molecular weight is 258 g/mol. The van der Waals surface area contributed by atoms with Crippen LogP contribution in [0.1, 0.15) is 18.9 Å². The summed E-state index contributed by atoms with van der Waals surface area (Å²) in [6.45, 7) is 2.03. The number of nitrogens with one attached hydrogen (secondary N) is 1. The molecule has 0 aliphatic rings. The number of thiophene rings is 1. The van der Waals surface area contributed by atoms with E-state index in [2.05, 4.69) is 34.6 Å². The van der Waals surface area contributed by atoms with Gasteiger partial charge >= 0.3 is 0 Å². The minimum Gasteiger partial charge on any atom is -0.438 e. The Balaban J connectivity index is 2.01. The minimum absolute atomic E-state index is 0.133. The summed E-state index contributed by atoms with van der Waals surface area (Å²) in [5, 5.41) is 4.37. The van der Waals surface area contributed by atoms with E-state index in [4.69, 9.17) is 4.42 Å². The van der Waals surface area contributed by atoms with Gasteiger partial charge in [-0.2, -0.15) is 0 Å². The second-order valence-corrected chi connectivity index (χ2v) is 5.31. The predicted molar refractivity (Wildman–Crippen MR) is 74.8 cm³/mol. The van der Waals surface area contributed by atoms with Crippen molar-refractivity contribution in [2.45, 2.75) is 13.0 Å². The van der Waals surface area contributed by atoms with Gasteiger partial charge in [-0.15, -0.1) is 11.3 Å². The molecule has 3 aromatic rings. The Kier molecular flexibility index (Phi) is 2.89. The maximum absolute atomic E-state index is 5.79. The molecule has 0 saturated heterocycles. The van der Waals surface area contributed by atoms with Crippen molar-refractivity contribution in [2.75, 3.05) is 7.05 Å². The summed E-state index contributed by atoms with van der Waals surface area (Å²) in [4.78, 5) is 5.43. The second kappa shape index (κ2) is 4.55. The van der Waals surface area contributed by atoms with E-state index in [0.29, 0.717) is 0 Å². The lowest BCUT2D eigenvalue weighted by molar-refractivity contribution is 0.442. The highest BCUT2D eigenvalue weighted by atomic mass is 32.1. The summed E-state index contributed by atoms with van der Waals surface area (Å²) in [5.41, 5.74) is 0. The van der Waals surface area contributed by atoms with Crippen LogP contribution in [-0.2, 0) is 0 Å². The Morgan fingerprint density at radius 3 is 2.94 bits per heavy atom. The molecular weight excluding hydrogens is 244 g/mol. The number of rotatable bonds is 3. The Hall–Kier alpha value is -1.65. The lowest BCUT2D eigenvalue weighted by Gasteiger charge is -2.03. The van der Waals surface area contributed by atoms with E-state index < -0.39 is 0 Å². The fourth-order valence-corrected chi connectivity index (χ4v) is 2.84. The SMILES string of the molecule is CNC(C)c1ncc(-c2cc3ccccc3s2)o1. The van der Waals surface area contributed by atoms with Crippen molar-refractivity contribution in [3.05, 3.63) is 42.4 Å². The van der Waals surface area contributed by atoms with Crippen molar-refractivity contribution < 1.29 is 4.42 Å². The Morgan fingerprint density at radius 1 is 1.33 bits per heavy atom. The Labute approximate surface area is 109 Å². The molecule has 0 radical (unpaired) electrons. The van der Waals surface area contributed by atoms with Gasteiger partial charge < -0.3 is 9.73 Å². The standard InChI is InChI=1S/C14H14N2OS/c1-9(15-2)14-16-8-11(17-14)13-7-10-5-3-4-6-12(10)18-13/h3-9,15H,1-2H3. The van der Waals surface area contributed by atoms with Gasteiger partial charge in [0.25, 0.3) is 0 Å². The minimum atomic E-state index is 0.133. The molecule has 4 heteroatoms. The van der Waals surface area contributed by atoms with Crippen molar-refractivity contribution in [3.63, 3.8) is 0 Å². The molecule has 1 unspecified atom stereocenters. The zero-order valence-corrected chi connectivity index (χ0v) is 11.1. The lowest BCUT2D eigenvalue weighted by Crippen LogP contribution is -2.12. The first-order valence-electron chi connectivity index (χ1n) is 5.90. The Bertz CT molecular complexity index is 638. The van der Waals surface area contributed by atoms with E-state index in [9.17, 15) is 0 Å². The van der Waals surface area contributed by atoms with Crippen LogP contribution in [0.4, 0.5) is 0 Å². The number of hydrogen-bond acceptors (Lipinski definition) is 4. The first-order chi connectivity index (χ1) is 8.78. The molecule has 0 aliphatic carbocycles. The monoisotopic (exact) mass is 258 g/mol. The number of hydrogen-bond donors (Lipinski definition) is 1. The first kappa shape index (κ1) is 11.4. The third-order valence-corrected chi connectivity index (χ3v) is 4.13. The molecular formula is C14H14N2OS. The van der Waals surface area contributed by atoms with Crippen LogP contribution in [0.15, 0.2) is 40.9 Å². The molecule has 3 nitrogen and oxygen atoms in total. The number of oxazole rings is 1. The maximum atomic E-state index is 5.79. The van der Waals surface area contributed by atoms with E-state index in [0.717, 1.165) is 16.5 Å². The Morgan fingerprint density at radius 2 is 2.17 bits per heavy atom. The van der Waals surface area contributed by atoms with Crippen molar-refractivity contribution in [1.29, 1.82) is 0 Å². The number of nitrogens with zero attached hydrogens (tertiary/aromatic N) is 1. The summed E-state index contributed by atoms with van der Waals surface area (Å²) in [7, 11) is 1.90. The van der Waals surface area contributed by atoms with E-state index in [1.807, 2.05) is 20.0 Å². The molecule has 3 rings (SSSR count). The molecule has 1 N–H and O–H groups in total. The largest absolute Gasteiger partial charge is 0.438 e. The maximum Gasteiger partial charge on any atom is 0.211 e. The molecule has 1 atom stereocenters. The molecule has 2 aromatic heterocycles. The third-order valence-electron chi connectivity index (χ3n) is 3.00. The molecule has 18 heavy (non-hydrogen) atoms. The molecule has 0 saturated carbocycles. The quantitative estimate of drug-likeness (QED) is 0.775. The summed E-state index contributed by atoms with van der Waals surface area (Å²) in [5.74, 6) is 1.57. The summed E-state index contributed by atoms with van der Waals surface area (Å²) in [6.07, 6.45) is 1.80. The smallest absolute Gasteiger partial charge is 0.211 e. The van der Waals surface area contributed by atoms with E-state index in [-0.39, 0.29) is 6.04 Å². The van der Waals surface area contributed by atoms with Gasteiger partial charge in [0.05, 0.1) is 17.1 Å². The molecule has 1 aromatic carbocycles. The van der Waals surface area contributed by atoms with Crippen LogP contribution in [-0.4, -0.2) is 12.0 Å². The summed E-state index contributed by atoms with van der Waals surface area (Å²) in [6, 6.07) is 10.6. The van der Waals surface area contributed by atoms with Crippen LogP contribution >= 0.6 is 11.3 Å². The number of fused-ring (bicyclic) bond motifs is 1. The van der Waals surface area contributed by atoms with E-state index in [1.165, 1.54) is 10.1 Å². The van der Waals surface area contributed by atoms with Gasteiger partial charge in [0, 0.05) is 4.70 Å². The van der Waals surface area contributed by atoms with Crippen molar-refractivity contribution in [3.8, 4) is 10.6 Å². The summed E-state index contributed by atoms with van der Waals surface area (Å²) < 4.78 is 7.06. The fraction of sp³-hybridized carbons (Fsp3) is 0.214. The molecule has 0 amide bonds. The molecule has 0 aliphatic heterocycles. The van der Waals surface area contributed by atoms with E-state index >= 15 is 0 Å². The van der Waals surface area contributed by atoms with Crippen LogP contribution < -0.4 is 5.32 Å². The highest BCUT2D eigenvalue weighted by Crippen LogP contribution is 2.34. The first-order valence-corrected chi connectivity index (χ1v) is 6.71. The van der Waals surface area contributed by atoms with Crippen molar-refractivity contribution in [2.24, 2.45) is 0 Å². The van der Waals surface area contributed by atoms with Crippen LogP contribution in [0.3, 0.4) is 0 Å². The second-order valence-electron chi connectivity index (χ2n) is 4.22. The normalized spacial score (nSPS) is 13.0. The van der Waals surface area contributed by atoms with Gasteiger partial charge in [0.1, 0.15) is 0 Å². The van der Waals surface area contributed by atoms with Gasteiger partial charge in [-0.3, -0.25) is 0 Å². The molecule has 2 heterocycles. The average Bonchev–Trinajstić information content (AvgIpc) is 3.03.